The molecule has 4 heteroatoms. The van der Waals surface area contributed by atoms with Gasteiger partial charge in [0.25, 0.3) is 0 Å². The molecule has 14 heavy (non-hydrogen) atoms. The summed E-state index contributed by atoms with van der Waals surface area (Å²) >= 11 is 8.26. The van der Waals surface area contributed by atoms with E-state index < -0.39 is 0 Å². The number of ketones is 1. The van der Waals surface area contributed by atoms with Crippen molar-refractivity contribution in [3.63, 3.8) is 0 Å². The van der Waals surface area contributed by atoms with Crippen LogP contribution in [-0.4, -0.2) is 17.4 Å². The highest BCUT2D eigenvalue weighted by Crippen LogP contribution is 2.25. The molecule has 1 rings (SSSR count). The minimum absolute atomic E-state index is 0.193. The summed E-state index contributed by atoms with van der Waals surface area (Å²) < 4.78 is 1.01. The second-order valence-corrected chi connectivity index (χ2v) is 5.26. The molecular formula is C10H10Br2OS. The second-order valence-electron chi connectivity index (χ2n) is 2.71. The molecule has 1 aromatic carbocycles. The molecule has 0 atom stereocenters. The van der Waals surface area contributed by atoms with E-state index in [2.05, 4.69) is 31.9 Å². The zero-order valence-corrected chi connectivity index (χ0v) is 11.7. The Balaban J connectivity index is 3.01. The zero-order chi connectivity index (χ0) is 10.6. The van der Waals surface area contributed by atoms with E-state index in [0.29, 0.717) is 6.42 Å². The Morgan fingerprint density at radius 2 is 2.21 bits per heavy atom. The maximum Gasteiger partial charge on any atom is 0.164 e. The summed E-state index contributed by atoms with van der Waals surface area (Å²) in [6.45, 7) is 0. The van der Waals surface area contributed by atoms with Crippen molar-refractivity contribution in [3.05, 3.63) is 28.2 Å². The lowest BCUT2D eigenvalue weighted by Gasteiger charge is -2.05. The SMILES string of the molecule is CSc1cc(Br)ccc1C(=O)CCBr. The molecular weight excluding hydrogens is 328 g/mol. The molecule has 0 spiro atoms. The van der Waals surface area contributed by atoms with Gasteiger partial charge >= 0.3 is 0 Å². The Morgan fingerprint density at radius 3 is 2.79 bits per heavy atom. The predicted molar refractivity (Wildman–Crippen MR) is 68.7 cm³/mol. The quantitative estimate of drug-likeness (QED) is 0.466. The number of benzene rings is 1. The fourth-order valence-corrected chi connectivity index (χ4v) is 2.64. The minimum atomic E-state index is 0.193. The van der Waals surface area contributed by atoms with Crippen LogP contribution < -0.4 is 0 Å². The molecule has 0 radical (unpaired) electrons. The van der Waals surface area contributed by atoms with Gasteiger partial charge in [-0.05, 0) is 24.5 Å². The molecule has 0 heterocycles. The first-order chi connectivity index (χ1) is 6.69. The van der Waals surface area contributed by atoms with E-state index in [4.69, 9.17) is 0 Å². The Morgan fingerprint density at radius 1 is 1.50 bits per heavy atom. The van der Waals surface area contributed by atoms with E-state index in [0.717, 1.165) is 20.3 Å². The fourth-order valence-electron chi connectivity index (χ4n) is 1.12. The summed E-state index contributed by atoms with van der Waals surface area (Å²) in [5.74, 6) is 0.193. The Hall–Kier alpha value is 0.200. The first-order valence-electron chi connectivity index (χ1n) is 4.11. The van der Waals surface area contributed by atoms with E-state index in [1.807, 2.05) is 24.5 Å². The molecule has 0 N–H and O–H groups in total. The third kappa shape index (κ3) is 3.11. The van der Waals surface area contributed by atoms with Gasteiger partial charge < -0.3 is 0 Å². The Bertz CT molecular complexity index is 339. The molecule has 0 saturated carbocycles. The second kappa shape index (κ2) is 5.93. The van der Waals surface area contributed by atoms with Crippen molar-refractivity contribution in [1.82, 2.24) is 0 Å². The number of halogens is 2. The molecule has 0 aromatic heterocycles. The third-order valence-electron chi connectivity index (χ3n) is 1.79. The number of thioether (sulfide) groups is 1. The number of carbonyl (C=O) groups is 1. The topological polar surface area (TPSA) is 17.1 Å². The van der Waals surface area contributed by atoms with E-state index in [1.165, 1.54) is 0 Å². The van der Waals surface area contributed by atoms with Crippen LogP contribution in [0.4, 0.5) is 0 Å². The van der Waals surface area contributed by atoms with Crippen LogP contribution in [0.5, 0.6) is 0 Å². The summed E-state index contributed by atoms with van der Waals surface area (Å²) in [6.07, 6.45) is 2.53. The van der Waals surface area contributed by atoms with Crippen LogP contribution in [0.1, 0.15) is 16.8 Å². The number of carbonyl (C=O) groups excluding carboxylic acids is 1. The van der Waals surface area contributed by atoms with Gasteiger partial charge in [-0.15, -0.1) is 11.8 Å². The summed E-state index contributed by atoms with van der Waals surface area (Å²) in [5.41, 5.74) is 0.820. The van der Waals surface area contributed by atoms with Gasteiger partial charge in [0.15, 0.2) is 5.78 Å². The highest BCUT2D eigenvalue weighted by molar-refractivity contribution is 9.10. The maximum atomic E-state index is 11.7. The van der Waals surface area contributed by atoms with Crippen LogP contribution in [0.3, 0.4) is 0 Å². The number of Topliss-reactive ketones (excluding diaryl/α,β-unsaturated/α-hetero) is 1. The number of hydrogen-bond acceptors (Lipinski definition) is 2. The van der Waals surface area contributed by atoms with Gasteiger partial charge in [-0.3, -0.25) is 4.79 Å². The number of hydrogen-bond donors (Lipinski definition) is 0. The molecule has 0 aliphatic rings. The molecule has 0 bridgehead atoms. The average Bonchev–Trinajstić information content (AvgIpc) is 2.17. The molecule has 0 aliphatic heterocycles. The molecule has 0 saturated heterocycles. The first-order valence-corrected chi connectivity index (χ1v) is 7.25. The van der Waals surface area contributed by atoms with Crippen molar-refractivity contribution in [2.45, 2.75) is 11.3 Å². The van der Waals surface area contributed by atoms with Crippen LogP contribution in [-0.2, 0) is 0 Å². The van der Waals surface area contributed by atoms with E-state index in [-0.39, 0.29) is 5.78 Å². The van der Waals surface area contributed by atoms with Crippen molar-refractivity contribution in [2.75, 3.05) is 11.6 Å². The van der Waals surface area contributed by atoms with Crippen molar-refractivity contribution < 1.29 is 4.79 Å². The highest BCUT2D eigenvalue weighted by atomic mass is 79.9. The monoisotopic (exact) mass is 336 g/mol. The van der Waals surface area contributed by atoms with Crippen LogP contribution in [0.2, 0.25) is 0 Å². The summed E-state index contributed by atoms with van der Waals surface area (Å²) in [7, 11) is 0. The Kier molecular flexibility index (Phi) is 5.20. The lowest BCUT2D eigenvalue weighted by Crippen LogP contribution is -2.01. The zero-order valence-electron chi connectivity index (χ0n) is 7.72. The van der Waals surface area contributed by atoms with E-state index in [1.54, 1.807) is 11.8 Å². The van der Waals surface area contributed by atoms with Crippen molar-refractivity contribution in [2.24, 2.45) is 0 Å². The number of rotatable bonds is 4. The van der Waals surface area contributed by atoms with Gasteiger partial charge in [-0.25, -0.2) is 0 Å². The van der Waals surface area contributed by atoms with Crippen LogP contribution in [0, 0.1) is 0 Å². The van der Waals surface area contributed by atoms with E-state index in [9.17, 15) is 4.79 Å². The summed E-state index contributed by atoms with van der Waals surface area (Å²) in [6, 6.07) is 5.76. The van der Waals surface area contributed by atoms with Crippen LogP contribution >= 0.6 is 43.6 Å². The van der Waals surface area contributed by atoms with Gasteiger partial charge in [0, 0.05) is 26.7 Å². The van der Waals surface area contributed by atoms with Gasteiger partial charge in [0.05, 0.1) is 0 Å². The normalized spacial score (nSPS) is 10.2. The van der Waals surface area contributed by atoms with Crippen LogP contribution in [0.25, 0.3) is 0 Å². The first kappa shape index (κ1) is 12.3. The predicted octanol–water partition coefficient (Wildman–Crippen LogP) is 4.14. The fraction of sp³-hybridized carbons (Fsp3) is 0.300. The van der Waals surface area contributed by atoms with Gasteiger partial charge in [0.2, 0.25) is 0 Å². The molecule has 0 unspecified atom stereocenters. The van der Waals surface area contributed by atoms with Crippen molar-refractivity contribution in [1.29, 1.82) is 0 Å². The van der Waals surface area contributed by atoms with E-state index >= 15 is 0 Å². The largest absolute Gasteiger partial charge is 0.294 e. The van der Waals surface area contributed by atoms with Gasteiger partial charge in [0.1, 0.15) is 0 Å². The van der Waals surface area contributed by atoms with Crippen molar-refractivity contribution >= 4 is 49.4 Å². The van der Waals surface area contributed by atoms with Gasteiger partial charge in [-0.2, -0.15) is 0 Å². The summed E-state index contributed by atoms with van der Waals surface area (Å²) in [5, 5.41) is 0.718. The molecule has 1 nitrogen and oxygen atoms in total. The van der Waals surface area contributed by atoms with Crippen LogP contribution in [0.15, 0.2) is 27.6 Å². The lowest BCUT2D eigenvalue weighted by atomic mass is 10.1. The maximum absolute atomic E-state index is 11.7. The molecule has 1 aromatic rings. The van der Waals surface area contributed by atoms with Gasteiger partial charge in [-0.1, -0.05) is 31.9 Å². The molecule has 0 fully saturated rings. The number of alkyl halides is 1. The third-order valence-corrected chi connectivity index (χ3v) is 3.45. The van der Waals surface area contributed by atoms with Crippen molar-refractivity contribution in [3.8, 4) is 0 Å². The highest BCUT2D eigenvalue weighted by Gasteiger charge is 2.10. The minimum Gasteiger partial charge on any atom is -0.294 e. The average molecular weight is 338 g/mol. The standard InChI is InChI=1S/C10H10Br2OS/c1-14-10-6-7(12)2-3-8(10)9(13)4-5-11/h2-3,6H,4-5H2,1H3. The molecule has 76 valence electrons. The molecule has 0 amide bonds. The summed E-state index contributed by atoms with van der Waals surface area (Å²) in [4.78, 5) is 12.7. The molecule has 0 aliphatic carbocycles. The Labute approximate surface area is 105 Å². The smallest absolute Gasteiger partial charge is 0.164 e. The lowest BCUT2D eigenvalue weighted by molar-refractivity contribution is 0.0987.